The van der Waals surface area contributed by atoms with Gasteiger partial charge in [-0.1, -0.05) is 24.3 Å². The fourth-order valence-electron chi connectivity index (χ4n) is 2.48. The van der Waals surface area contributed by atoms with Gasteiger partial charge in [-0.05, 0) is 23.8 Å². The van der Waals surface area contributed by atoms with Crippen molar-refractivity contribution in [3.63, 3.8) is 0 Å². The first-order valence-electron chi connectivity index (χ1n) is 7.03. The Morgan fingerprint density at radius 3 is 2.40 bits per heavy atom. The molecule has 0 saturated heterocycles. The lowest BCUT2D eigenvalue weighted by Gasteiger charge is -2.07. The number of hydrogen-bond donors (Lipinski definition) is 2. The second-order valence-electron chi connectivity index (χ2n) is 5.32. The summed E-state index contributed by atoms with van der Waals surface area (Å²) in [4.78, 5) is 12.0. The highest BCUT2D eigenvalue weighted by Crippen LogP contribution is 2.27. The van der Waals surface area contributed by atoms with Crippen molar-refractivity contribution >= 4 is 33.2 Å². The summed E-state index contributed by atoms with van der Waals surface area (Å²) in [6.45, 7) is 0. The average molecular weight is 382 g/mol. The maximum absolute atomic E-state index is 12.0. The molecule has 3 rings (SSSR count). The molecular weight excluding hydrogens is 366 g/mol. The number of sulfonamides is 1. The maximum atomic E-state index is 12.0. The highest BCUT2D eigenvalue weighted by molar-refractivity contribution is 7.88. The third-order valence-corrected chi connectivity index (χ3v) is 4.33. The van der Waals surface area contributed by atoms with E-state index in [9.17, 15) is 13.2 Å². The van der Waals surface area contributed by atoms with Crippen LogP contribution in [0.1, 0.15) is 5.56 Å². The highest BCUT2D eigenvalue weighted by atomic mass is 35.5. The van der Waals surface area contributed by atoms with Gasteiger partial charge in [0.2, 0.25) is 10.0 Å². The number of nitrogens with one attached hydrogen (secondary N) is 1. The number of H-pyrrole nitrogens is 1. The van der Waals surface area contributed by atoms with Crippen LogP contribution in [-0.2, 0) is 15.8 Å². The number of benzene rings is 2. The molecule has 9 heteroatoms. The molecule has 0 bridgehead atoms. The first-order chi connectivity index (χ1) is 11.4. The average Bonchev–Trinajstić information content (AvgIpc) is 2.54. The molecule has 25 heavy (non-hydrogen) atoms. The van der Waals surface area contributed by atoms with E-state index in [4.69, 9.17) is 9.88 Å². The molecule has 0 spiro atoms. The van der Waals surface area contributed by atoms with E-state index in [1.165, 1.54) is 7.11 Å². The lowest BCUT2D eigenvalue weighted by atomic mass is 10.0. The summed E-state index contributed by atoms with van der Waals surface area (Å²) in [6.07, 6.45) is 0. The predicted molar refractivity (Wildman–Crippen MR) is 98.4 cm³/mol. The zero-order valence-electron chi connectivity index (χ0n) is 13.2. The summed E-state index contributed by atoms with van der Waals surface area (Å²) in [5.74, 6) is 0.346. The third-order valence-electron chi connectivity index (χ3n) is 3.59. The van der Waals surface area contributed by atoms with E-state index < -0.39 is 10.0 Å². The van der Waals surface area contributed by atoms with E-state index in [0.29, 0.717) is 27.8 Å². The Morgan fingerprint density at radius 1 is 1.12 bits per heavy atom. The van der Waals surface area contributed by atoms with E-state index >= 15 is 0 Å². The van der Waals surface area contributed by atoms with Crippen molar-refractivity contribution in [2.24, 2.45) is 5.14 Å². The number of hydrogen-bond acceptors (Lipinski definition) is 5. The zero-order valence-corrected chi connectivity index (χ0v) is 14.9. The minimum Gasteiger partial charge on any atom is -0.497 e. The first-order valence-corrected chi connectivity index (χ1v) is 8.75. The van der Waals surface area contributed by atoms with E-state index in [1.807, 2.05) is 0 Å². The van der Waals surface area contributed by atoms with Gasteiger partial charge in [0.05, 0.1) is 23.9 Å². The molecule has 0 aliphatic rings. The van der Waals surface area contributed by atoms with Crippen molar-refractivity contribution in [1.29, 1.82) is 0 Å². The Morgan fingerprint density at radius 2 is 1.80 bits per heavy atom. The standard InChI is InChI=1S/C16H15N3O4S.ClH/c1-23-12-6-7-13-14(8-12)16(20)19-18-15(13)11-4-2-10(3-5-11)9-24(17,21)22;/h2-8H,9H2,1H3,(H,19,20)(H2,17,21,22);1H. The molecule has 1 aromatic heterocycles. The Kier molecular flexibility index (Phi) is 5.46. The number of nitrogens with zero attached hydrogens (tertiary/aromatic N) is 1. The molecule has 1 heterocycles. The smallest absolute Gasteiger partial charge is 0.272 e. The molecule has 7 nitrogen and oxygen atoms in total. The molecule has 0 amide bonds. The van der Waals surface area contributed by atoms with Crippen LogP contribution >= 0.6 is 12.4 Å². The van der Waals surface area contributed by atoms with Crippen LogP contribution in [0, 0.1) is 0 Å². The van der Waals surface area contributed by atoms with Gasteiger partial charge in [-0.15, -0.1) is 12.4 Å². The number of primary sulfonamides is 1. The zero-order chi connectivity index (χ0) is 17.3. The summed E-state index contributed by atoms with van der Waals surface area (Å²) in [5.41, 5.74) is 1.61. The molecule has 0 aliphatic carbocycles. The summed E-state index contributed by atoms with van der Waals surface area (Å²) in [6, 6.07) is 12.0. The fourth-order valence-corrected chi connectivity index (χ4v) is 3.14. The van der Waals surface area contributed by atoms with Crippen molar-refractivity contribution in [2.75, 3.05) is 7.11 Å². The molecule has 0 radical (unpaired) electrons. The second-order valence-corrected chi connectivity index (χ2v) is 6.93. The number of ether oxygens (including phenoxy) is 1. The summed E-state index contributed by atoms with van der Waals surface area (Å²) in [5, 5.41) is 12.8. The maximum Gasteiger partial charge on any atom is 0.272 e. The Bertz CT molecular complexity index is 1060. The lowest BCUT2D eigenvalue weighted by Crippen LogP contribution is -2.14. The van der Waals surface area contributed by atoms with Gasteiger partial charge in [-0.2, -0.15) is 5.10 Å². The van der Waals surface area contributed by atoms with Crippen LogP contribution in [0.3, 0.4) is 0 Å². The molecule has 0 atom stereocenters. The molecule has 132 valence electrons. The van der Waals surface area contributed by atoms with Crippen LogP contribution in [0.15, 0.2) is 47.3 Å². The molecule has 0 fully saturated rings. The van der Waals surface area contributed by atoms with Crippen LogP contribution in [0.2, 0.25) is 0 Å². The van der Waals surface area contributed by atoms with Crippen molar-refractivity contribution in [2.45, 2.75) is 5.75 Å². The van der Waals surface area contributed by atoms with Crippen LogP contribution in [0.4, 0.5) is 0 Å². The van der Waals surface area contributed by atoms with E-state index in [0.717, 1.165) is 5.56 Å². The normalized spacial score (nSPS) is 11.1. The third kappa shape index (κ3) is 4.16. The van der Waals surface area contributed by atoms with Gasteiger partial charge in [0.25, 0.3) is 5.56 Å². The van der Waals surface area contributed by atoms with Crippen LogP contribution in [0.25, 0.3) is 22.0 Å². The first kappa shape index (κ1) is 18.9. The number of aromatic nitrogens is 2. The van der Waals surface area contributed by atoms with Gasteiger partial charge in [-0.3, -0.25) is 4.79 Å². The predicted octanol–water partition coefficient (Wildman–Crippen LogP) is 1.81. The van der Waals surface area contributed by atoms with E-state index in [1.54, 1.807) is 42.5 Å². The molecule has 2 aromatic carbocycles. The van der Waals surface area contributed by atoms with Crippen LogP contribution in [0.5, 0.6) is 5.75 Å². The molecule has 3 aromatic rings. The number of rotatable bonds is 4. The van der Waals surface area contributed by atoms with Crippen LogP contribution in [-0.4, -0.2) is 25.7 Å². The topological polar surface area (TPSA) is 115 Å². The van der Waals surface area contributed by atoms with Gasteiger partial charge < -0.3 is 4.74 Å². The van der Waals surface area contributed by atoms with Crippen molar-refractivity contribution in [1.82, 2.24) is 10.2 Å². The minimum absolute atomic E-state index is 0. The molecule has 0 unspecified atom stereocenters. The molecule has 3 N–H and O–H groups in total. The van der Waals surface area contributed by atoms with Gasteiger partial charge in [0.1, 0.15) is 5.75 Å². The van der Waals surface area contributed by atoms with Crippen molar-refractivity contribution in [3.05, 3.63) is 58.4 Å². The monoisotopic (exact) mass is 381 g/mol. The van der Waals surface area contributed by atoms with Crippen molar-refractivity contribution < 1.29 is 13.2 Å². The largest absolute Gasteiger partial charge is 0.497 e. The lowest BCUT2D eigenvalue weighted by molar-refractivity contribution is 0.415. The van der Waals surface area contributed by atoms with E-state index in [2.05, 4.69) is 10.2 Å². The molecule has 0 saturated carbocycles. The number of fused-ring (bicyclic) bond motifs is 1. The number of methoxy groups -OCH3 is 1. The SMILES string of the molecule is COc1ccc2c(-c3ccc(CS(N)(=O)=O)cc3)n[nH]c(=O)c2c1.Cl. The van der Waals surface area contributed by atoms with Gasteiger partial charge >= 0.3 is 0 Å². The summed E-state index contributed by atoms with van der Waals surface area (Å²) in [7, 11) is -2.05. The quantitative estimate of drug-likeness (QED) is 0.715. The fraction of sp³-hybridized carbons (Fsp3) is 0.125. The van der Waals surface area contributed by atoms with Crippen LogP contribution < -0.4 is 15.4 Å². The number of nitrogens with two attached hydrogens (primary N) is 1. The summed E-state index contributed by atoms with van der Waals surface area (Å²) < 4.78 is 27.4. The summed E-state index contributed by atoms with van der Waals surface area (Å²) >= 11 is 0. The Balaban J connectivity index is 0.00000225. The van der Waals surface area contributed by atoms with Gasteiger partial charge in [-0.25, -0.2) is 18.7 Å². The molecular formula is C16H16ClN3O4S. The van der Waals surface area contributed by atoms with Gasteiger partial charge in [0, 0.05) is 10.9 Å². The Labute approximate surface area is 150 Å². The second kappa shape index (κ2) is 7.22. The number of aromatic amines is 1. The van der Waals surface area contributed by atoms with Gasteiger partial charge in [0.15, 0.2) is 0 Å². The van der Waals surface area contributed by atoms with Crippen molar-refractivity contribution in [3.8, 4) is 17.0 Å². The van der Waals surface area contributed by atoms with E-state index in [-0.39, 0.29) is 23.7 Å². The highest BCUT2D eigenvalue weighted by Gasteiger charge is 2.11. The Hall–Kier alpha value is -2.42. The molecule has 0 aliphatic heterocycles. The number of halogens is 1. The minimum atomic E-state index is -3.58.